The largest absolute Gasteiger partial charge is 0.481 e. The minimum atomic E-state index is -0.906. The summed E-state index contributed by atoms with van der Waals surface area (Å²) in [5.74, 6) is -1.93. The summed E-state index contributed by atoms with van der Waals surface area (Å²) in [7, 11) is 0. The minimum absolute atomic E-state index is 0.0931. The summed E-state index contributed by atoms with van der Waals surface area (Å²) in [5.41, 5.74) is 2.20. The number of hydrogen-bond acceptors (Lipinski definition) is 2. The van der Waals surface area contributed by atoms with E-state index in [0.717, 1.165) is 12.0 Å². The number of rotatable bonds is 5. The quantitative estimate of drug-likeness (QED) is 0.879. The van der Waals surface area contributed by atoms with Crippen molar-refractivity contribution in [1.82, 2.24) is 0 Å². The van der Waals surface area contributed by atoms with Crippen LogP contribution >= 0.6 is 0 Å². The fourth-order valence-corrected chi connectivity index (χ4v) is 2.83. The topological polar surface area (TPSA) is 66.4 Å². The Bertz CT molecular complexity index is 772. The number of carboxylic acid groups (broad SMARTS) is 1. The normalized spacial score (nSPS) is 20.2. The number of hydrogen-bond donors (Lipinski definition) is 2. The zero-order valence-corrected chi connectivity index (χ0v) is 13.2. The molecule has 1 saturated carbocycles. The molecule has 4 nitrogen and oxygen atoms in total. The van der Waals surface area contributed by atoms with Crippen LogP contribution in [0.2, 0.25) is 0 Å². The first-order chi connectivity index (χ1) is 11.5. The highest BCUT2D eigenvalue weighted by atomic mass is 19.1. The average molecular weight is 327 g/mol. The molecule has 2 N–H and O–H groups in total. The lowest BCUT2D eigenvalue weighted by Gasteiger charge is -2.10. The van der Waals surface area contributed by atoms with Crippen LogP contribution in [0.15, 0.2) is 48.5 Å². The molecule has 1 fully saturated rings. The number of carbonyl (C=O) groups excluding carboxylic acids is 1. The van der Waals surface area contributed by atoms with E-state index in [9.17, 15) is 14.0 Å². The zero-order valence-electron chi connectivity index (χ0n) is 13.2. The Labute approximate surface area is 139 Å². The standard InChI is InChI=1S/C19H18FNO3/c1-11(19(23)24)13-3-2-4-15(9-13)21-18(22)17-10-16(17)12-5-7-14(20)8-6-12/h2-9,11,16-17H,10H2,1H3,(H,21,22)(H,23,24). The van der Waals surface area contributed by atoms with E-state index in [0.29, 0.717) is 11.3 Å². The van der Waals surface area contributed by atoms with Gasteiger partial charge in [0.25, 0.3) is 0 Å². The van der Waals surface area contributed by atoms with Gasteiger partial charge in [0.2, 0.25) is 5.91 Å². The molecule has 0 saturated heterocycles. The third kappa shape index (κ3) is 3.45. The van der Waals surface area contributed by atoms with Crippen molar-refractivity contribution in [2.45, 2.75) is 25.2 Å². The van der Waals surface area contributed by atoms with Gasteiger partial charge >= 0.3 is 5.97 Å². The number of carboxylic acids is 1. The molecule has 2 aromatic rings. The first-order valence-corrected chi connectivity index (χ1v) is 7.85. The van der Waals surface area contributed by atoms with Gasteiger partial charge in [-0.15, -0.1) is 0 Å². The SMILES string of the molecule is CC(C(=O)O)c1cccc(NC(=O)C2CC2c2ccc(F)cc2)c1. The Morgan fingerprint density at radius 2 is 1.92 bits per heavy atom. The molecular weight excluding hydrogens is 309 g/mol. The molecule has 0 aliphatic heterocycles. The van der Waals surface area contributed by atoms with Crippen LogP contribution in [0.4, 0.5) is 10.1 Å². The molecule has 0 bridgehead atoms. The molecule has 124 valence electrons. The summed E-state index contributed by atoms with van der Waals surface area (Å²) in [4.78, 5) is 23.4. The van der Waals surface area contributed by atoms with Gasteiger partial charge in [-0.1, -0.05) is 24.3 Å². The Morgan fingerprint density at radius 3 is 2.58 bits per heavy atom. The van der Waals surface area contributed by atoms with E-state index in [-0.39, 0.29) is 23.6 Å². The molecule has 5 heteroatoms. The number of anilines is 1. The number of halogens is 1. The fourth-order valence-electron chi connectivity index (χ4n) is 2.83. The molecule has 2 aromatic carbocycles. The van der Waals surface area contributed by atoms with Crippen molar-refractivity contribution in [2.75, 3.05) is 5.32 Å². The van der Waals surface area contributed by atoms with Gasteiger partial charge in [0.15, 0.2) is 0 Å². The summed E-state index contributed by atoms with van der Waals surface area (Å²) in [6.07, 6.45) is 0.739. The second-order valence-corrected chi connectivity index (χ2v) is 6.17. The number of aliphatic carboxylic acids is 1. The van der Waals surface area contributed by atoms with Crippen LogP contribution in [0.25, 0.3) is 0 Å². The predicted octanol–water partition coefficient (Wildman–Crippen LogP) is 3.76. The Balaban J connectivity index is 1.65. The molecular formula is C19H18FNO3. The molecule has 3 unspecified atom stereocenters. The fraction of sp³-hybridized carbons (Fsp3) is 0.263. The third-order valence-electron chi connectivity index (χ3n) is 4.45. The lowest BCUT2D eigenvalue weighted by Crippen LogP contribution is -2.15. The highest BCUT2D eigenvalue weighted by Gasteiger charge is 2.43. The molecule has 0 radical (unpaired) electrons. The Morgan fingerprint density at radius 1 is 1.21 bits per heavy atom. The van der Waals surface area contributed by atoms with Gasteiger partial charge in [0.1, 0.15) is 5.82 Å². The second-order valence-electron chi connectivity index (χ2n) is 6.17. The monoisotopic (exact) mass is 327 g/mol. The molecule has 1 aliphatic carbocycles. The van der Waals surface area contributed by atoms with E-state index < -0.39 is 11.9 Å². The summed E-state index contributed by atoms with van der Waals surface area (Å²) in [6.45, 7) is 1.61. The van der Waals surface area contributed by atoms with Crippen molar-refractivity contribution in [3.8, 4) is 0 Å². The van der Waals surface area contributed by atoms with Crippen molar-refractivity contribution < 1.29 is 19.1 Å². The summed E-state index contributed by atoms with van der Waals surface area (Å²) in [6, 6.07) is 13.1. The van der Waals surface area contributed by atoms with Crippen LogP contribution in [-0.4, -0.2) is 17.0 Å². The Kier molecular flexibility index (Phi) is 4.34. The van der Waals surface area contributed by atoms with Gasteiger partial charge in [-0.2, -0.15) is 0 Å². The average Bonchev–Trinajstić information content (AvgIpc) is 3.35. The maximum absolute atomic E-state index is 13.0. The third-order valence-corrected chi connectivity index (χ3v) is 4.45. The molecule has 0 heterocycles. The lowest BCUT2D eigenvalue weighted by atomic mass is 10.0. The minimum Gasteiger partial charge on any atom is -0.481 e. The molecule has 3 rings (SSSR count). The number of benzene rings is 2. The van der Waals surface area contributed by atoms with Gasteiger partial charge in [-0.25, -0.2) is 4.39 Å². The lowest BCUT2D eigenvalue weighted by molar-refractivity contribution is -0.138. The van der Waals surface area contributed by atoms with E-state index in [1.807, 2.05) is 0 Å². The summed E-state index contributed by atoms with van der Waals surface area (Å²) in [5, 5.41) is 11.9. The second kappa shape index (κ2) is 6.43. The van der Waals surface area contributed by atoms with Crippen molar-refractivity contribution >= 4 is 17.6 Å². The maximum atomic E-state index is 13.0. The van der Waals surface area contributed by atoms with E-state index in [4.69, 9.17) is 5.11 Å². The molecule has 0 spiro atoms. The van der Waals surface area contributed by atoms with E-state index in [2.05, 4.69) is 5.32 Å². The van der Waals surface area contributed by atoms with Gasteiger partial charge in [-0.05, 0) is 54.7 Å². The first-order valence-electron chi connectivity index (χ1n) is 7.85. The van der Waals surface area contributed by atoms with Crippen LogP contribution in [0.5, 0.6) is 0 Å². The van der Waals surface area contributed by atoms with E-state index in [1.165, 1.54) is 12.1 Å². The molecule has 1 aliphatic rings. The van der Waals surface area contributed by atoms with Crippen molar-refractivity contribution in [2.24, 2.45) is 5.92 Å². The van der Waals surface area contributed by atoms with E-state index in [1.54, 1.807) is 43.3 Å². The summed E-state index contributed by atoms with van der Waals surface area (Å²) < 4.78 is 13.0. The smallest absolute Gasteiger partial charge is 0.310 e. The van der Waals surface area contributed by atoms with Gasteiger partial charge in [0.05, 0.1) is 5.92 Å². The van der Waals surface area contributed by atoms with Crippen LogP contribution in [0, 0.1) is 11.7 Å². The number of nitrogens with one attached hydrogen (secondary N) is 1. The molecule has 0 aromatic heterocycles. The Hall–Kier alpha value is -2.69. The van der Waals surface area contributed by atoms with E-state index >= 15 is 0 Å². The highest BCUT2D eigenvalue weighted by Crippen LogP contribution is 2.48. The number of carbonyl (C=O) groups is 2. The van der Waals surface area contributed by atoms with Crippen LogP contribution < -0.4 is 5.32 Å². The maximum Gasteiger partial charge on any atom is 0.310 e. The summed E-state index contributed by atoms with van der Waals surface area (Å²) >= 11 is 0. The first kappa shape index (κ1) is 16.2. The highest BCUT2D eigenvalue weighted by molar-refractivity contribution is 5.95. The molecule has 1 amide bonds. The predicted molar refractivity (Wildman–Crippen MR) is 88.4 cm³/mol. The molecule has 24 heavy (non-hydrogen) atoms. The van der Waals surface area contributed by atoms with Crippen molar-refractivity contribution in [1.29, 1.82) is 0 Å². The number of amides is 1. The van der Waals surface area contributed by atoms with Crippen molar-refractivity contribution in [3.05, 3.63) is 65.5 Å². The van der Waals surface area contributed by atoms with Gasteiger partial charge < -0.3 is 10.4 Å². The van der Waals surface area contributed by atoms with Crippen LogP contribution in [0.1, 0.15) is 36.3 Å². The van der Waals surface area contributed by atoms with Gasteiger partial charge in [-0.3, -0.25) is 9.59 Å². The van der Waals surface area contributed by atoms with Crippen LogP contribution in [-0.2, 0) is 9.59 Å². The van der Waals surface area contributed by atoms with Crippen molar-refractivity contribution in [3.63, 3.8) is 0 Å². The van der Waals surface area contributed by atoms with Gasteiger partial charge in [0, 0.05) is 11.6 Å². The van der Waals surface area contributed by atoms with Crippen LogP contribution in [0.3, 0.4) is 0 Å². The zero-order chi connectivity index (χ0) is 17.3. The molecule has 3 atom stereocenters.